The highest BCUT2D eigenvalue weighted by molar-refractivity contribution is 6.11. The fraction of sp³-hybridized carbons (Fsp3) is 0.607. The molecule has 0 spiro atoms. The van der Waals surface area contributed by atoms with Crippen LogP contribution in [0.1, 0.15) is 97.5 Å². The molecule has 6 nitrogen and oxygen atoms in total. The molecule has 3 aliphatic rings. The van der Waals surface area contributed by atoms with E-state index in [1.54, 1.807) is 0 Å². The number of nitrogens with one attached hydrogen (secondary N) is 1. The number of amides is 2. The van der Waals surface area contributed by atoms with E-state index < -0.39 is 0 Å². The Morgan fingerprint density at radius 2 is 1.88 bits per heavy atom. The smallest absolute Gasteiger partial charge is 0.273 e. The number of pyridine rings is 1. The molecule has 2 aromatic rings. The van der Waals surface area contributed by atoms with Crippen molar-refractivity contribution in [1.29, 1.82) is 0 Å². The number of hydrogen-bond donors (Lipinski definition) is 1. The third-order valence-electron chi connectivity index (χ3n) is 8.16. The molecular weight excluding hydrogens is 424 g/mol. The van der Waals surface area contributed by atoms with E-state index >= 15 is 0 Å². The zero-order chi connectivity index (χ0) is 23.5. The van der Waals surface area contributed by atoms with Gasteiger partial charge < -0.3 is 15.1 Å². The van der Waals surface area contributed by atoms with Crippen molar-refractivity contribution in [2.24, 2.45) is 0 Å². The molecule has 1 aliphatic carbocycles. The second-order valence-corrected chi connectivity index (χ2v) is 10.3. The number of hydrogen-bond acceptors (Lipinski definition) is 4. The largest absolute Gasteiger partial charge is 0.352 e. The van der Waals surface area contributed by atoms with Gasteiger partial charge in [-0.3, -0.25) is 9.59 Å². The Morgan fingerprint density at radius 1 is 1.09 bits per heavy atom. The first kappa shape index (κ1) is 23.3. The van der Waals surface area contributed by atoms with Gasteiger partial charge in [0.1, 0.15) is 5.69 Å². The lowest BCUT2D eigenvalue weighted by Gasteiger charge is -2.35. The molecule has 1 aromatic heterocycles. The van der Waals surface area contributed by atoms with Gasteiger partial charge in [-0.1, -0.05) is 50.8 Å². The standard InChI is InChI=1S/C28H38N4O2/c1-2-20-11-8-9-17-31(20)18-10-16-29-27(33)25-22-14-6-7-15-24(22)30-26-23(25)19-32(28(26)34)21-12-4-3-5-13-21/h6-7,14-15,20-21H,2-5,8-13,16-19H2,1H3,(H,29,33)/t20-/m0/s1. The Labute approximate surface area is 203 Å². The molecule has 2 aliphatic heterocycles. The van der Waals surface area contributed by atoms with Crippen molar-refractivity contribution in [3.05, 3.63) is 41.1 Å². The minimum Gasteiger partial charge on any atom is -0.352 e. The summed E-state index contributed by atoms with van der Waals surface area (Å²) in [6, 6.07) is 8.70. The Kier molecular flexibility index (Phi) is 7.14. The first-order valence-electron chi connectivity index (χ1n) is 13.4. The number of rotatable bonds is 7. The highest BCUT2D eigenvalue weighted by atomic mass is 16.2. The number of benzene rings is 1. The Morgan fingerprint density at radius 3 is 2.71 bits per heavy atom. The number of nitrogens with zero attached hydrogens (tertiary/aromatic N) is 3. The maximum Gasteiger partial charge on any atom is 0.273 e. The first-order valence-corrected chi connectivity index (χ1v) is 13.4. The average Bonchev–Trinajstić information content (AvgIpc) is 3.21. The molecule has 5 rings (SSSR count). The summed E-state index contributed by atoms with van der Waals surface area (Å²) in [5.74, 6) is -0.0729. The molecule has 1 saturated heterocycles. The molecule has 34 heavy (non-hydrogen) atoms. The van der Waals surface area contributed by atoms with Crippen molar-refractivity contribution < 1.29 is 9.59 Å². The minimum absolute atomic E-state index is 0.00240. The van der Waals surface area contributed by atoms with Crippen LogP contribution in [0.15, 0.2) is 24.3 Å². The van der Waals surface area contributed by atoms with Crippen LogP contribution in [0.3, 0.4) is 0 Å². The second kappa shape index (κ2) is 10.4. The van der Waals surface area contributed by atoms with Gasteiger partial charge in [-0.15, -0.1) is 0 Å². The van der Waals surface area contributed by atoms with Crippen LogP contribution in [-0.4, -0.2) is 58.3 Å². The van der Waals surface area contributed by atoms with Crippen molar-refractivity contribution in [2.75, 3.05) is 19.6 Å². The lowest BCUT2D eigenvalue weighted by molar-refractivity contribution is 0.0655. The summed E-state index contributed by atoms with van der Waals surface area (Å²) in [4.78, 5) is 36.1. The van der Waals surface area contributed by atoms with Crippen LogP contribution in [0.2, 0.25) is 0 Å². The highest BCUT2D eigenvalue weighted by Gasteiger charge is 2.38. The molecule has 6 heteroatoms. The van der Waals surface area contributed by atoms with E-state index in [0.29, 0.717) is 30.4 Å². The van der Waals surface area contributed by atoms with E-state index in [4.69, 9.17) is 4.98 Å². The Hall–Kier alpha value is -2.47. The van der Waals surface area contributed by atoms with Gasteiger partial charge in [-0.25, -0.2) is 4.98 Å². The molecular formula is C28H38N4O2. The number of aromatic nitrogens is 1. The van der Waals surface area contributed by atoms with Gasteiger partial charge in [0, 0.05) is 42.7 Å². The van der Waals surface area contributed by atoms with Crippen molar-refractivity contribution in [3.63, 3.8) is 0 Å². The first-order chi connectivity index (χ1) is 16.7. The van der Waals surface area contributed by atoms with E-state index in [1.165, 1.54) is 51.5 Å². The predicted molar refractivity (Wildman–Crippen MR) is 135 cm³/mol. The quantitative estimate of drug-likeness (QED) is 0.594. The number of para-hydroxylation sites is 1. The van der Waals surface area contributed by atoms with Crippen molar-refractivity contribution in [1.82, 2.24) is 20.1 Å². The van der Waals surface area contributed by atoms with Crippen LogP contribution in [-0.2, 0) is 6.54 Å². The van der Waals surface area contributed by atoms with E-state index in [9.17, 15) is 9.59 Å². The topological polar surface area (TPSA) is 65.5 Å². The van der Waals surface area contributed by atoms with Gasteiger partial charge in [-0.05, 0) is 51.1 Å². The highest BCUT2D eigenvalue weighted by Crippen LogP contribution is 2.34. The lowest BCUT2D eigenvalue weighted by Crippen LogP contribution is -2.40. The SMILES string of the molecule is CC[C@H]1CCCCN1CCCNC(=O)c1c2c(nc3ccccc13)C(=O)N(C1CCCCC1)C2. The van der Waals surface area contributed by atoms with E-state index in [0.717, 1.165) is 42.3 Å². The lowest BCUT2D eigenvalue weighted by atomic mass is 9.94. The van der Waals surface area contributed by atoms with Gasteiger partial charge in [0.25, 0.3) is 11.8 Å². The summed E-state index contributed by atoms with van der Waals surface area (Å²) in [7, 11) is 0. The van der Waals surface area contributed by atoms with Crippen molar-refractivity contribution in [2.45, 2.75) is 89.8 Å². The van der Waals surface area contributed by atoms with Crippen LogP contribution in [0.25, 0.3) is 10.9 Å². The maximum atomic E-state index is 13.5. The molecule has 2 fully saturated rings. The minimum atomic E-state index is -0.0705. The number of fused-ring (bicyclic) bond motifs is 2. The van der Waals surface area contributed by atoms with Gasteiger partial charge in [0.05, 0.1) is 11.1 Å². The summed E-state index contributed by atoms with van der Waals surface area (Å²) in [6.07, 6.45) is 11.7. The van der Waals surface area contributed by atoms with Crippen LogP contribution >= 0.6 is 0 Å². The molecule has 1 aromatic carbocycles. The van der Waals surface area contributed by atoms with Crippen molar-refractivity contribution >= 4 is 22.7 Å². The number of carbonyl (C=O) groups is 2. The van der Waals surface area contributed by atoms with E-state index in [2.05, 4.69) is 17.1 Å². The number of likely N-dealkylation sites (tertiary alicyclic amines) is 1. The zero-order valence-electron chi connectivity index (χ0n) is 20.5. The zero-order valence-corrected chi connectivity index (χ0v) is 20.5. The fourth-order valence-electron chi connectivity index (χ4n) is 6.30. The van der Waals surface area contributed by atoms with Gasteiger partial charge in [0.2, 0.25) is 0 Å². The number of carbonyl (C=O) groups excluding carboxylic acids is 2. The van der Waals surface area contributed by atoms with Crippen LogP contribution in [0.5, 0.6) is 0 Å². The van der Waals surface area contributed by atoms with Gasteiger partial charge >= 0.3 is 0 Å². The van der Waals surface area contributed by atoms with Crippen LogP contribution in [0, 0.1) is 0 Å². The number of piperidine rings is 1. The molecule has 1 N–H and O–H groups in total. The molecule has 2 amide bonds. The van der Waals surface area contributed by atoms with Gasteiger partial charge in [0.15, 0.2) is 0 Å². The Bertz CT molecular complexity index is 1050. The monoisotopic (exact) mass is 462 g/mol. The molecule has 0 bridgehead atoms. The summed E-state index contributed by atoms with van der Waals surface area (Å²) >= 11 is 0. The molecule has 1 saturated carbocycles. The third kappa shape index (κ3) is 4.57. The molecule has 182 valence electrons. The van der Waals surface area contributed by atoms with E-state index in [1.807, 2.05) is 29.2 Å². The predicted octanol–water partition coefficient (Wildman–Crippen LogP) is 4.91. The second-order valence-electron chi connectivity index (χ2n) is 10.3. The molecule has 0 radical (unpaired) electrons. The Balaban J connectivity index is 1.33. The normalized spacial score (nSPS) is 21.7. The fourth-order valence-corrected chi connectivity index (χ4v) is 6.30. The summed E-state index contributed by atoms with van der Waals surface area (Å²) in [5, 5.41) is 4.03. The van der Waals surface area contributed by atoms with Crippen LogP contribution in [0.4, 0.5) is 0 Å². The van der Waals surface area contributed by atoms with Crippen LogP contribution < -0.4 is 5.32 Å². The van der Waals surface area contributed by atoms with Crippen molar-refractivity contribution in [3.8, 4) is 0 Å². The summed E-state index contributed by atoms with van der Waals surface area (Å²) in [6.45, 7) is 5.64. The summed E-state index contributed by atoms with van der Waals surface area (Å²) < 4.78 is 0. The van der Waals surface area contributed by atoms with E-state index in [-0.39, 0.29) is 17.9 Å². The molecule has 0 unspecified atom stereocenters. The third-order valence-corrected chi connectivity index (χ3v) is 8.16. The maximum absolute atomic E-state index is 13.5. The average molecular weight is 463 g/mol. The molecule has 1 atom stereocenters. The summed E-state index contributed by atoms with van der Waals surface area (Å²) in [5.41, 5.74) is 2.67. The molecule has 3 heterocycles. The van der Waals surface area contributed by atoms with Gasteiger partial charge in [-0.2, -0.15) is 0 Å².